The smallest absolute Gasteiger partial charge is 0.0589 e. The van der Waals surface area contributed by atoms with Gasteiger partial charge in [0.25, 0.3) is 0 Å². The highest BCUT2D eigenvalue weighted by Crippen LogP contribution is 2.34. The van der Waals surface area contributed by atoms with E-state index in [1.807, 2.05) is 7.11 Å². The molecule has 1 saturated heterocycles. The van der Waals surface area contributed by atoms with E-state index in [1.165, 1.54) is 52.0 Å². The van der Waals surface area contributed by atoms with Crippen molar-refractivity contribution in [3.05, 3.63) is 0 Å². The Bertz CT molecular complexity index is 253. The van der Waals surface area contributed by atoms with Crippen LogP contribution in [0.15, 0.2) is 0 Å². The van der Waals surface area contributed by atoms with E-state index in [9.17, 15) is 0 Å². The van der Waals surface area contributed by atoms with Crippen LogP contribution < -0.4 is 5.73 Å². The molecule has 18 heavy (non-hydrogen) atoms. The van der Waals surface area contributed by atoms with Gasteiger partial charge in [-0.1, -0.05) is 6.92 Å². The summed E-state index contributed by atoms with van der Waals surface area (Å²) in [6, 6.07) is 0. The van der Waals surface area contributed by atoms with Crippen molar-refractivity contribution in [2.75, 3.05) is 46.4 Å². The highest BCUT2D eigenvalue weighted by atomic mass is 16.5. The van der Waals surface area contributed by atoms with E-state index in [4.69, 9.17) is 10.5 Å². The number of rotatable bonds is 4. The second-order valence-corrected chi connectivity index (χ2v) is 5.80. The van der Waals surface area contributed by atoms with Crippen LogP contribution in [0.5, 0.6) is 0 Å². The average Bonchev–Trinajstić information content (AvgIpc) is 2.47. The number of ether oxygens (including phenoxy) is 1. The van der Waals surface area contributed by atoms with Gasteiger partial charge in [-0.3, -0.25) is 4.90 Å². The fraction of sp³-hybridized carbons (Fsp3) is 1.00. The molecule has 0 amide bonds. The van der Waals surface area contributed by atoms with Crippen molar-refractivity contribution in [1.29, 1.82) is 0 Å². The van der Waals surface area contributed by atoms with Crippen LogP contribution in [0, 0.1) is 0 Å². The van der Waals surface area contributed by atoms with E-state index in [-0.39, 0.29) is 5.54 Å². The Labute approximate surface area is 111 Å². The van der Waals surface area contributed by atoms with Gasteiger partial charge in [0.1, 0.15) is 0 Å². The van der Waals surface area contributed by atoms with Gasteiger partial charge in [-0.15, -0.1) is 0 Å². The number of piperazine rings is 1. The van der Waals surface area contributed by atoms with E-state index < -0.39 is 0 Å². The zero-order valence-electron chi connectivity index (χ0n) is 12.0. The van der Waals surface area contributed by atoms with Gasteiger partial charge < -0.3 is 15.4 Å². The number of hydrogen-bond acceptors (Lipinski definition) is 4. The fourth-order valence-corrected chi connectivity index (χ4v) is 3.63. The number of likely N-dealkylation sites (N-methyl/N-ethyl adjacent to an activating group) is 1. The second-order valence-electron chi connectivity index (χ2n) is 5.80. The number of hydrogen-bond donors (Lipinski definition) is 1. The van der Waals surface area contributed by atoms with Crippen LogP contribution in [-0.4, -0.2) is 67.8 Å². The standard InChI is InChI=1S/C14H29N3O/c1-3-16-7-9-17(10-8-16)14(12-15)6-4-5-13(11-14)18-2/h13H,3-12,15H2,1-2H3. The molecule has 0 aromatic rings. The van der Waals surface area contributed by atoms with Gasteiger partial charge >= 0.3 is 0 Å². The van der Waals surface area contributed by atoms with E-state index in [1.54, 1.807) is 0 Å². The molecule has 1 aliphatic heterocycles. The Morgan fingerprint density at radius 2 is 2.00 bits per heavy atom. The summed E-state index contributed by atoms with van der Waals surface area (Å²) in [5.74, 6) is 0. The Morgan fingerprint density at radius 3 is 2.56 bits per heavy atom. The molecule has 2 aliphatic rings. The molecule has 2 unspecified atom stereocenters. The molecule has 0 aromatic heterocycles. The third-order valence-electron chi connectivity index (χ3n) is 4.98. The number of methoxy groups -OCH3 is 1. The van der Waals surface area contributed by atoms with Crippen molar-refractivity contribution in [2.45, 2.75) is 44.2 Å². The van der Waals surface area contributed by atoms with Crippen molar-refractivity contribution < 1.29 is 4.74 Å². The first kappa shape index (κ1) is 14.3. The Morgan fingerprint density at radius 1 is 1.28 bits per heavy atom. The molecular formula is C14H29N3O. The molecule has 4 nitrogen and oxygen atoms in total. The summed E-state index contributed by atoms with van der Waals surface area (Å²) in [5.41, 5.74) is 6.35. The van der Waals surface area contributed by atoms with Gasteiger partial charge in [-0.25, -0.2) is 0 Å². The first-order chi connectivity index (χ1) is 8.74. The molecule has 106 valence electrons. The summed E-state index contributed by atoms with van der Waals surface area (Å²) in [7, 11) is 1.84. The van der Waals surface area contributed by atoms with Crippen LogP contribution >= 0.6 is 0 Å². The minimum Gasteiger partial charge on any atom is -0.381 e. The van der Waals surface area contributed by atoms with Crippen molar-refractivity contribution >= 4 is 0 Å². The number of nitrogens with zero attached hydrogens (tertiary/aromatic N) is 2. The van der Waals surface area contributed by atoms with Crippen LogP contribution in [0.4, 0.5) is 0 Å². The lowest BCUT2D eigenvalue weighted by Gasteiger charge is -2.50. The summed E-state index contributed by atoms with van der Waals surface area (Å²) in [4.78, 5) is 5.17. The Hall–Kier alpha value is -0.160. The van der Waals surface area contributed by atoms with Gasteiger partial charge in [0.05, 0.1) is 6.10 Å². The highest BCUT2D eigenvalue weighted by Gasteiger charge is 2.41. The molecule has 2 rings (SSSR count). The van der Waals surface area contributed by atoms with Crippen LogP contribution in [0.25, 0.3) is 0 Å². The second kappa shape index (κ2) is 6.33. The molecule has 4 heteroatoms. The van der Waals surface area contributed by atoms with E-state index >= 15 is 0 Å². The minimum absolute atomic E-state index is 0.207. The van der Waals surface area contributed by atoms with Gasteiger partial charge in [0, 0.05) is 45.4 Å². The molecule has 0 bridgehead atoms. The minimum atomic E-state index is 0.207. The first-order valence-electron chi connectivity index (χ1n) is 7.44. The largest absolute Gasteiger partial charge is 0.381 e. The zero-order chi connectivity index (χ0) is 13.0. The molecule has 2 fully saturated rings. The summed E-state index contributed by atoms with van der Waals surface area (Å²) in [6.45, 7) is 8.91. The topological polar surface area (TPSA) is 41.7 Å². The lowest BCUT2D eigenvalue weighted by molar-refractivity contribution is -0.0389. The van der Waals surface area contributed by atoms with Crippen LogP contribution in [0.3, 0.4) is 0 Å². The predicted octanol–water partition coefficient (Wildman–Crippen LogP) is 0.910. The third-order valence-corrected chi connectivity index (χ3v) is 4.98. The molecule has 0 aromatic carbocycles. The normalized spacial score (nSPS) is 35.8. The SMILES string of the molecule is CCN1CCN(C2(CN)CCCC(OC)C2)CC1. The van der Waals surface area contributed by atoms with E-state index in [0.29, 0.717) is 6.10 Å². The van der Waals surface area contributed by atoms with Crippen molar-refractivity contribution in [1.82, 2.24) is 9.80 Å². The molecule has 2 atom stereocenters. The lowest BCUT2D eigenvalue weighted by Crippen LogP contribution is -2.62. The van der Waals surface area contributed by atoms with Crippen molar-refractivity contribution in [2.24, 2.45) is 5.73 Å². The Balaban J connectivity index is 1.99. The van der Waals surface area contributed by atoms with Crippen LogP contribution in [0.2, 0.25) is 0 Å². The maximum Gasteiger partial charge on any atom is 0.0589 e. The Kier molecular flexibility index (Phi) is 5.01. The molecule has 1 saturated carbocycles. The molecule has 1 aliphatic carbocycles. The summed E-state index contributed by atoms with van der Waals surface area (Å²) < 4.78 is 5.59. The van der Waals surface area contributed by atoms with Gasteiger partial charge in [-0.2, -0.15) is 0 Å². The summed E-state index contributed by atoms with van der Waals surface area (Å²) in [5, 5.41) is 0. The van der Waals surface area contributed by atoms with Gasteiger partial charge in [0.2, 0.25) is 0 Å². The lowest BCUT2D eigenvalue weighted by atomic mass is 9.78. The summed E-state index contributed by atoms with van der Waals surface area (Å²) in [6.07, 6.45) is 5.23. The van der Waals surface area contributed by atoms with Crippen LogP contribution in [0.1, 0.15) is 32.6 Å². The summed E-state index contributed by atoms with van der Waals surface area (Å²) >= 11 is 0. The fourth-order valence-electron chi connectivity index (χ4n) is 3.63. The average molecular weight is 255 g/mol. The zero-order valence-corrected chi connectivity index (χ0v) is 12.0. The van der Waals surface area contributed by atoms with Gasteiger partial charge in [0.15, 0.2) is 0 Å². The first-order valence-corrected chi connectivity index (χ1v) is 7.44. The van der Waals surface area contributed by atoms with E-state index in [2.05, 4.69) is 16.7 Å². The molecule has 0 radical (unpaired) electrons. The maximum atomic E-state index is 6.14. The molecule has 0 spiro atoms. The monoisotopic (exact) mass is 255 g/mol. The van der Waals surface area contributed by atoms with E-state index in [0.717, 1.165) is 13.0 Å². The van der Waals surface area contributed by atoms with Crippen molar-refractivity contribution in [3.63, 3.8) is 0 Å². The maximum absolute atomic E-state index is 6.14. The molecule has 2 N–H and O–H groups in total. The quantitative estimate of drug-likeness (QED) is 0.811. The van der Waals surface area contributed by atoms with Crippen molar-refractivity contribution in [3.8, 4) is 0 Å². The van der Waals surface area contributed by atoms with Gasteiger partial charge in [-0.05, 0) is 32.2 Å². The number of nitrogens with two attached hydrogens (primary N) is 1. The predicted molar refractivity (Wildman–Crippen MR) is 74.7 cm³/mol. The van der Waals surface area contributed by atoms with Crippen LogP contribution in [-0.2, 0) is 4.74 Å². The highest BCUT2D eigenvalue weighted by molar-refractivity contribution is 4.98. The third kappa shape index (κ3) is 2.87. The molecule has 1 heterocycles. The molecular weight excluding hydrogens is 226 g/mol.